The molecule has 2 aromatic heterocycles. The molecule has 0 saturated carbocycles. The number of rotatable bonds is 3. The summed E-state index contributed by atoms with van der Waals surface area (Å²) in [6, 6.07) is 10.5. The zero-order chi connectivity index (χ0) is 19.0. The first-order valence-corrected chi connectivity index (χ1v) is 9.77. The highest BCUT2D eigenvalue weighted by Gasteiger charge is 2.25. The van der Waals surface area contributed by atoms with Crippen LogP contribution in [-0.4, -0.2) is 38.5 Å². The summed E-state index contributed by atoms with van der Waals surface area (Å²) in [5, 5.41) is 4.49. The Morgan fingerprint density at radius 1 is 1.11 bits per heavy atom. The molecule has 1 aliphatic rings. The van der Waals surface area contributed by atoms with Gasteiger partial charge in [0.2, 0.25) is 0 Å². The molecule has 3 heterocycles. The van der Waals surface area contributed by atoms with Crippen molar-refractivity contribution in [3.8, 4) is 11.3 Å². The van der Waals surface area contributed by atoms with Crippen molar-refractivity contribution < 1.29 is 4.79 Å². The molecule has 1 amide bonds. The molecular formula is C22H26N4O. The summed E-state index contributed by atoms with van der Waals surface area (Å²) in [6.07, 6.45) is 5.55. The van der Waals surface area contributed by atoms with Crippen LogP contribution in [0.15, 0.2) is 42.7 Å². The van der Waals surface area contributed by atoms with Crippen molar-refractivity contribution >= 4 is 11.6 Å². The number of hydrogen-bond acceptors (Lipinski definition) is 3. The quantitative estimate of drug-likeness (QED) is 0.694. The lowest BCUT2D eigenvalue weighted by Crippen LogP contribution is -2.37. The molecule has 1 aromatic carbocycles. The number of hydrogen-bond donors (Lipinski definition) is 0. The fourth-order valence-corrected chi connectivity index (χ4v) is 3.68. The molecule has 0 spiro atoms. The zero-order valence-electron chi connectivity index (χ0n) is 16.2. The predicted octanol–water partition coefficient (Wildman–Crippen LogP) is 4.39. The average Bonchev–Trinajstić information content (AvgIpc) is 3.12. The first kappa shape index (κ1) is 17.7. The molecule has 3 aromatic rings. The van der Waals surface area contributed by atoms with E-state index in [0.717, 1.165) is 37.2 Å². The lowest BCUT2D eigenvalue weighted by Gasteiger charge is -2.29. The van der Waals surface area contributed by atoms with Crippen molar-refractivity contribution in [2.24, 2.45) is 5.92 Å². The molecule has 5 heteroatoms. The van der Waals surface area contributed by atoms with Crippen molar-refractivity contribution in [1.82, 2.24) is 19.5 Å². The van der Waals surface area contributed by atoms with Crippen LogP contribution in [0.4, 0.5) is 0 Å². The number of piperidine rings is 1. The van der Waals surface area contributed by atoms with E-state index < -0.39 is 0 Å². The Hall–Kier alpha value is -2.69. The topological polar surface area (TPSA) is 50.5 Å². The first-order valence-electron chi connectivity index (χ1n) is 9.77. The Kier molecular flexibility index (Phi) is 4.68. The van der Waals surface area contributed by atoms with Crippen LogP contribution in [0.25, 0.3) is 16.9 Å². The summed E-state index contributed by atoms with van der Waals surface area (Å²) in [6.45, 7) is 8.25. The summed E-state index contributed by atoms with van der Waals surface area (Å²) in [5.41, 5.74) is 4.54. The molecule has 5 nitrogen and oxygen atoms in total. The average molecular weight is 362 g/mol. The monoisotopic (exact) mass is 362 g/mol. The molecule has 140 valence electrons. The van der Waals surface area contributed by atoms with Gasteiger partial charge in [-0.25, -0.2) is 9.50 Å². The van der Waals surface area contributed by atoms with E-state index in [1.807, 2.05) is 11.0 Å². The lowest BCUT2D eigenvalue weighted by atomic mass is 9.99. The summed E-state index contributed by atoms with van der Waals surface area (Å²) in [4.78, 5) is 19.4. The number of likely N-dealkylation sites (tertiary alicyclic amines) is 1. The standard InChI is InChI=1S/C22H26N4O/c1-15(2)17-4-6-18(7-5-17)20-8-11-23-21-19(14-24-26(20)21)22(27)25-12-9-16(3)10-13-25/h4-8,11,14-16H,9-10,12-13H2,1-3H3. The van der Waals surface area contributed by atoms with Crippen LogP contribution in [0, 0.1) is 5.92 Å². The number of nitrogens with zero attached hydrogens (tertiary/aromatic N) is 4. The van der Waals surface area contributed by atoms with Gasteiger partial charge in [0, 0.05) is 24.8 Å². The Morgan fingerprint density at radius 2 is 1.81 bits per heavy atom. The maximum absolute atomic E-state index is 13.0. The molecule has 0 atom stereocenters. The number of carbonyl (C=O) groups is 1. The Morgan fingerprint density at radius 3 is 2.48 bits per heavy atom. The SMILES string of the molecule is CC1CCN(C(=O)c2cnn3c(-c4ccc(C(C)C)cc4)ccnc23)CC1. The van der Waals surface area contributed by atoms with E-state index in [2.05, 4.69) is 55.1 Å². The van der Waals surface area contributed by atoms with Crippen molar-refractivity contribution in [2.75, 3.05) is 13.1 Å². The Bertz CT molecular complexity index is 950. The van der Waals surface area contributed by atoms with Gasteiger partial charge in [-0.2, -0.15) is 5.10 Å². The summed E-state index contributed by atoms with van der Waals surface area (Å²) in [7, 11) is 0. The second-order valence-corrected chi connectivity index (χ2v) is 7.88. The molecule has 0 radical (unpaired) electrons. The van der Waals surface area contributed by atoms with E-state index in [9.17, 15) is 4.79 Å². The van der Waals surface area contributed by atoms with Crippen LogP contribution in [-0.2, 0) is 0 Å². The molecule has 1 saturated heterocycles. The first-order chi connectivity index (χ1) is 13.0. The minimum atomic E-state index is 0.0386. The Labute approximate surface area is 160 Å². The molecule has 0 aliphatic carbocycles. The van der Waals surface area contributed by atoms with E-state index in [4.69, 9.17) is 0 Å². The maximum Gasteiger partial charge on any atom is 0.259 e. The largest absolute Gasteiger partial charge is 0.338 e. The highest BCUT2D eigenvalue weighted by atomic mass is 16.2. The van der Waals surface area contributed by atoms with Gasteiger partial charge in [-0.1, -0.05) is 45.0 Å². The van der Waals surface area contributed by atoms with E-state index in [1.54, 1.807) is 16.9 Å². The van der Waals surface area contributed by atoms with E-state index >= 15 is 0 Å². The maximum atomic E-state index is 13.0. The van der Waals surface area contributed by atoms with Gasteiger partial charge < -0.3 is 4.90 Å². The lowest BCUT2D eigenvalue weighted by molar-refractivity contribution is 0.0699. The van der Waals surface area contributed by atoms with E-state index in [1.165, 1.54) is 5.56 Å². The second kappa shape index (κ2) is 7.14. The van der Waals surface area contributed by atoms with Crippen molar-refractivity contribution in [2.45, 2.75) is 39.5 Å². The summed E-state index contributed by atoms with van der Waals surface area (Å²) < 4.78 is 1.78. The number of benzene rings is 1. The molecule has 1 aliphatic heterocycles. The summed E-state index contributed by atoms with van der Waals surface area (Å²) in [5.74, 6) is 1.23. The molecule has 0 N–H and O–H groups in total. The minimum Gasteiger partial charge on any atom is -0.338 e. The predicted molar refractivity (Wildman–Crippen MR) is 107 cm³/mol. The molecule has 27 heavy (non-hydrogen) atoms. The van der Waals surface area contributed by atoms with Crippen LogP contribution < -0.4 is 0 Å². The van der Waals surface area contributed by atoms with Crippen LogP contribution >= 0.6 is 0 Å². The van der Waals surface area contributed by atoms with E-state index in [-0.39, 0.29) is 5.91 Å². The minimum absolute atomic E-state index is 0.0386. The third-order valence-corrected chi connectivity index (χ3v) is 5.58. The molecule has 0 bridgehead atoms. The number of aromatic nitrogens is 3. The Balaban J connectivity index is 1.68. The van der Waals surface area contributed by atoms with Gasteiger partial charge in [0.05, 0.1) is 11.9 Å². The van der Waals surface area contributed by atoms with E-state index in [0.29, 0.717) is 23.0 Å². The summed E-state index contributed by atoms with van der Waals surface area (Å²) >= 11 is 0. The van der Waals surface area contributed by atoms with Crippen LogP contribution in [0.5, 0.6) is 0 Å². The van der Waals surface area contributed by atoms with Gasteiger partial charge in [0.1, 0.15) is 5.56 Å². The molecular weight excluding hydrogens is 336 g/mol. The normalized spacial score (nSPS) is 15.6. The molecule has 1 fully saturated rings. The molecule has 0 unspecified atom stereocenters. The highest BCUT2D eigenvalue weighted by molar-refractivity contribution is 6.00. The van der Waals surface area contributed by atoms with Gasteiger partial charge >= 0.3 is 0 Å². The number of amides is 1. The molecule has 4 rings (SSSR count). The third-order valence-electron chi connectivity index (χ3n) is 5.58. The van der Waals surface area contributed by atoms with Crippen molar-refractivity contribution in [3.63, 3.8) is 0 Å². The van der Waals surface area contributed by atoms with Crippen LogP contribution in [0.1, 0.15) is 55.5 Å². The number of fused-ring (bicyclic) bond motifs is 1. The van der Waals surface area contributed by atoms with Crippen molar-refractivity contribution in [1.29, 1.82) is 0 Å². The van der Waals surface area contributed by atoms with Crippen LogP contribution in [0.3, 0.4) is 0 Å². The fraction of sp³-hybridized carbons (Fsp3) is 0.409. The third kappa shape index (κ3) is 3.34. The van der Waals surface area contributed by atoms with Crippen LogP contribution in [0.2, 0.25) is 0 Å². The number of carbonyl (C=O) groups excluding carboxylic acids is 1. The van der Waals surface area contributed by atoms with Gasteiger partial charge in [-0.3, -0.25) is 4.79 Å². The van der Waals surface area contributed by atoms with Gasteiger partial charge in [-0.15, -0.1) is 0 Å². The van der Waals surface area contributed by atoms with Gasteiger partial charge in [0.25, 0.3) is 5.91 Å². The fourth-order valence-electron chi connectivity index (χ4n) is 3.68. The smallest absolute Gasteiger partial charge is 0.259 e. The highest BCUT2D eigenvalue weighted by Crippen LogP contribution is 2.25. The van der Waals surface area contributed by atoms with Gasteiger partial charge in [-0.05, 0) is 36.3 Å². The zero-order valence-corrected chi connectivity index (χ0v) is 16.2. The van der Waals surface area contributed by atoms with Crippen molar-refractivity contribution in [3.05, 3.63) is 53.9 Å². The van der Waals surface area contributed by atoms with Gasteiger partial charge in [0.15, 0.2) is 5.65 Å². The second-order valence-electron chi connectivity index (χ2n) is 7.88.